The minimum atomic E-state index is -0.419. The van der Waals surface area contributed by atoms with Crippen LogP contribution in [0.2, 0.25) is 0 Å². The fourth-order valence-corrected chi connectivity index (χ4v) is 21.4. The Bertz CT molecular complexity index is 7140. The summed E-state index contributed by atoms with van der Waals surface area (Å²) >= 11 is 0. The van der Waals surface area contributed by atoms with E-state index in [4.69, 9.17) is 0 Å². The van der Waals surface area contributed by atoms with Crippen molar-refractivity contribution in [1.82, 2.24) is 9.13 Å². The SMILES string of the molecule is CC(C)(C)c1ccc(-c2cc(C(C)(C)C)cc(-c3cc(C(C)(C)C)ccc3C(C)(C)C)c2N2c3cc(-n4c5ccc(C(C)(C)C)cc5c5cc(C(C)(C)C)ccc54)ccc3B3c4ccc(-n5c6ccc(C(C)(C)C)cc6c6cc(C(C)(C)C)ccc65)cc4N(c4c(-c5ccccc5C(C)(C)C)cc(C(C)(C)C)cc4-c4ccc(C(C)(C)C)cc4C(C)(C)C)c4cc(C(C)(C)C)cc2c43)cc1. The van der Waals surface area contributed by atoms with E-state index in [1.165, 1.54) is 188 Å². The highest BCUT2D eigenvalue weighted by atomic mass is 15.2. The molecule has 4 heterocycles. The Morgan fingerprint density at radius 1 is 0.185 bits per heavy atom. The van der Waals surface area contributed by atoms with Gasteiger partial charge in [-0.3, -0.25) is 0 Å². The summed E-state index contributed by atoms with van der Waals surface area (Å²) < 4.78 is 5.25. The maximum absolute atomic E-state index is 2.88. The average molecular weight is 1780 g/mol. The van der Waals surface area contributed by atoms with Gasteiger partial charge in [-0.2, -0.15) is 0 Å². The van der Waals surface area contributed by atoms with E-state index in [0.29, 0.717) is 0 Å². The maximum Gasteiger partial charge on any atom is 0.252 e. The molecule has 0 amide bonds. The second kappa shape index (κ2) is 31.8. The van der Waals surface area contributed by atoms with E-state index in [2.05, 4.69) is 519 Å². The van der Waals surface area contributed by atoms with Crippen LogP contribution in [0.4, 0.5) is 34.1 Å². The second-order valence-electron chi connectivity index (χ2n) is 53.9. The van der Waals surface area contributed by atoms with E-state index in [-0.39, 0.29) is 71.7 Å². The lowest BCUT2D eigenvalue weighted by Crippen LogP contribution is -2.61. The van der Waals surface area contributed by atoms with Gasteiger partial charge in [0.1, 0.15) is 0 Å². The van der Waals surface area contributed by atoms with Crippen molar-refractivity contribution < 1.29 is 0 Å². The van der Waals surface area contributed by atoms with Crippen LogP contribution >= 0.6 is 0 Å². The van der Waals surface area contributed by atoms with Crippen LogP contribution in [0.15, 0.2) is 231 Å². The molecule has 4 nitrogen and oxygen atoms in total. The Morgan fingerprint density at radius 3 is 0.830 bits per heavy atom. The zero-order chi connectivity index (χ0) is 98.4. The lowest BCUT2D eigenvalue weighted by molar-refractivity contribution is 0.569. The van der Waals surface area contributed by atoms with Gasteiger partial charge in [0.15, 0.2) is 0 Å². The Morgan fingerprint density at radius 2 is 0.467 bits per heavy atom. The molecule has 0 bridgehead atoms. The van der Waals surface area contributed by atoms with E-state index < -0.39 is 5.41 Å². The molecule has 2 aliphatic rings. The highest BCUT2D eigenvalue weighted by Gasteiger charge is 2.48. The molecule has 0 N–H and O–H groups in total. The van der Waals surface area contributed by atoms with Crippen LogP contribution in [0.25, 0.3) is 99.5 Å². The number of fused-ring (bicyclic) bond motifs is 10. The average Bonchev–Trinajstić information content (AvgIpc) is 0.972. The molecule has 2 aliphatic heterocycles. The van der Waals surface area contributed by atoms with Gasteiger partial charge in [-0.1, -0.05) is 391 Å². The van der Waals surface area contributed by atoms with Crippen molar-refractivity contribution in [2.75, 3.05) is 9.80 Å². The predicted molar refractivity (Wildman–Crippen MR) is 594 cm³/mol. The highest BCUT2D eigenvalue weighted by molar-refractivity contribution is 7.00. The molecule has 0 radical (unpaired) electrons. The van der Waals surface area contributed by atoms with Gasteiger partial charge in [-0.15, -0.1) is 0 Å². The van der Waals surface area contributed by atoms with Crippen molar-refractivity contribution >= 4 is 101 Å². The zero-order valence-electron chi connectivity index (χ0n) is 89.8. The van der Waals surface area contributed by atoms with E-state index in [1.807, 2.05) is 0 Å². The third-order valence-corrected chi connectivity index (χ3v) is 29.9. The lowest BCUT2D eigenvalue weighted by Gasteiger charge is -2.47. The molecule has 15 aromatic rings. The fraction of sp³-hybridized carbons (Fsp3) is 0.400. The third-order valence-electron chi connectivity index (χ3n) is 29.9. The van der Waals surface area contributed by atoms with Crippen molar-refractivity contribution in [3.63, 3.8) is 0 Å². The number of benzene rings is 13. The maximum atomic E-state index is 2.88. The third kappa shape index (κ3) is 17.2. The summed E-state index contributed by atoms with van der Waals surface area (Å²) in [6.07, 6.45) is 0. The summed E-state index contributed by atoms with van der Waals surface area (Å²) in [5, 5.41) is 5.06. The number of hydrogen-bond acceptors (Lipinski definition) is 2. The Balaban J connectivity index is 1.14. The molecule has 2 aromatic heterocycles. The summed E-state index contributed by atoms with van der Waals surface area (Å²) in [5.74, 6) is 0. The van der Waals surface area contributed by atoms with Crippen molar-refractivity contribution in [2.24, 2.45) is 0 Å². The van der Waals surface area contributed by atoms with E-state index in [0.717, 1.165) is 34.1 Å². The number of nitrogens with zero attached hydrogens (tertiary/aromatic N) is 4. The van der Waals surface area contributed by atoms with E-state index in [1.54, 1.807) is 0 Å². The molecular weight excluding hydrogens is 1630 g/mol. The quantitative estimate of drug-likeness (QED) is 0.141. The molecule has 0 atom stereocenters. The van der Waals surface area contributed by atoms with Gasteiger partial charge < -0.3 is 18.9 Å². The molecule has 0 unspecified atom stereocenters. The molecular formula is C130H155BN4. The van der Waals surface area contributed by atoms with E-state index >= 15 is 0 Å². The molecule has 698 valence electrons. The van der Waals surface area contributed by atoms with Crippen LogP contribution in [0.1, 0.15) is 342 Å². The Hall–Kier alpha value is -10.9. The van der Waals surface area contributed by atoms with Gasteiger partial charge in [0.2, 0.25) is 0 Å². The molecule has 0 spiro atoms. The van der Waals surface area contributed by atoms with Crippen molar-refractivity contribution in [3.8, 4) is 55.9 Å². The van der Waals surface area contributed by atoms with Crippen LogP contribution in [-0.2, 0) is 70.4 Å². The first kappa shape index (κ1) is 95.8. The summed E-state index contributed by atoms with van der Waals surface area (Å²) in [6, 6.07) is 95.2. The van der Waals surface area contributed by atoms with Crippen LogP contribution in [0.3, 0.4) is 0 Å². The number of hydrogen-bond donors (Lipinski definition) is 0. The monoisotopic (exact) mass is 1780 g/mol. The van der Waals surface area contributed by atoms with Gasteiger partial charge in [-0.25, -0.2) is 0 Å². The molecule has 0 saturated carbocycles. The second-order valence-corrected chi connectivity index (χ2v) is 53.9. The smallest absolute Gasteiger partial charge is 0.252 e. The fourth-order valence-electron chi connectivity index (χ4n) is 21.4. The van der Waals surface area contributed by atoms with Gasteiger partial charge in [0, 0.05) is 77.9 Å². The summed E-state index contributed by atoms with van der Waals surface area (Å²) in [4.78, 5) is 5.74. The van der Waals surface area contributed by atoms with Crippen LogP contribution < -0.4 is 26.2 Å². The highest BCUT2D eigenvalue weighted by Crippen LogP contribution is 2.59. The molecule has 13 aromatic carbocycles. The van der Waals surface area contributed by atoms with Crippen LogP contribution in [0.5, 0.6) is 0 Å². The Labute approximate surface area is 813 Å². The number of rotatable bonds is 8. The van der Waals surface area contributed by atoms with Crippen molar-refractivity contribution in [1.29, 1.82) is 0 Å². The number of anilines is 6. The van der Waals surface area contributed by atoms with Gasteiger partial charge in [0.05, 0.1) is 33.4 Å². The normalized spacial score (nSPS) is 14.1. The zero-order valence-corrected chi connectivity index (χ0v) is 89.8. The first-order valence-electron chi connectivity index (χ1n) is 50.3. The number of aromatic nitrogens is 2. The van der Waals surface area contributed by atoms with Crippen molar-refractivity contribution in [2.45, 2.75) is 340 Å². The van der Waals surface area contributed by atoms with E-state index in [9.17, 15) is 0 Å². The first-order chi connectivity index (χ1) is 62.2. The molecule has 135 heavy (non-hydrogen) atoms. The Kier molecular flexibility index (Phi) is 22.6. The van der Waals surface area contributed by atoms with Crippen LogP contribution in [0, 0.1) is 0 Å². The van der Waals surface area contributed by atoms with Gasteiger partial charge in [0.25, 0.3) is 6.71 Å². The molecule has 0 fully saturated rings. The first-order valence-corrected chi connectivity index (χ1v) is 50.3. The molecule has 5 heteroatoms. The summed E-state index contributed by atoms with van der Waals surface area (Å²) in [6.45, 7) is 93.3. The minimum Gasteiger partial charge on any atom is -0.310 e. The van der Waals surface area contributed by atoms with Gasteiger partial charge >= 0.3 is 0 Å². The predicted octanol–water partition coefficient (Wildman–Crippen LogP) is 35.5. The minimum absolute atomic E-state index is 0.0929. The molecule has 0 saturated heterocycles. The summed E-state index contributed by atoms with van der Waals surface area (Å²) in [7, 11) is 0. The topological polar surface area (TPSA) is 16.3 Å². The largest absolute Gasteiger partial charge is 0.310 e. The van der Waals surface area contributed by atoms with Crippen LogP contribution in [-0.4, -0.2) is 15.8 Å². The van der Waals surface area contributed by atoms with Gasteiger partial charge in [-0.05, 0) is 291 Å². The summed E-state index contributed by atoms with van der Waals surface area (Å²) in [5.41, 5.74) is 41.7. The lowest BCUT2D eigenvalue weighted by atomic mass is 9.33. The molecule has 17 rings (SSSR count). The standard InChI is InChI=1S/C130H155BN4/c1-118(2,3)79-46-44-78(45-47-79)93-69-86(125(22,23)24)72-101(94-64-80(119(4,5)6)49-57-103(94)129(34,35)36)116(93)134-111-76-89(132-107-60-50-81(120(7,8)9)65-95(107)96-66-82(121(10,11)12)51-61-108(96)132)54-58-105(111)131-106-59-55-90(133-109-62-52-83(122(13,14)15)67-97(109)98-68-84(123(16,17)18)53-63-110(98)133)77-112(106)135(114-75-88(127(28,29)30)74-113(134)115(114)131)117-99(91-42-40-41-43-102(91)128(31,32)33)70-87(126(25,26)27)71-100(117)92-56-48-85(124(19,20)21)73-104(92)130(37,38)39/h40-77H,1-39H3. The van der Waals surface area contributed by atoms with Crippen molar-refractivity contribution in [3.05, 3.63) is 303 Å². The molecule has 0 aliphatic carbocycles.